The van der Waals surface area contributed by atoms with Crippen molar-refractivity contribution in [3.63, 3.8) is 0 Å². The van der Waals surface area contributed by atoms with Crippen molar-refractivity contribution >= 4 is 24.2 Å². The van der Waals surface area contributed by atoms with E-state index in [1.54, 1.807) is 24.2 Å². The molecule has 0 bridgehead atoms. The third-order valence-corrected chi connectivity index (χ3v) is 1.20. The number of hydrogen-bond acceptors (Lipinski definition) is 3. The molecule has 0 unspecified atom stereocenters. The van der Waals surface area contributed by atoms with Crippen molar-refractivity contribution in [1.29, 1.82) is 0 Å². The van der Waals surface area contributed by atoms with E-state index in [1.807, 2.05) is 6.26 Å². The third-order valence-electron chi connectivity index (χ3n) is 0.619. The predicted octanol–water partition coefficient (Wildman–Crippen LogP) is 0.952. The second kappa shape index (κ2) is 2.12. The lowest BCUT2D eigenvalue weighted by Gasteiger charge is -1.89. The van der Waals surface area contributed by atoms with E-state index in [0.717, 1.165) is 5.50 Å². The van der Waals surface area contributed by atoms with E-state index < -0.39 is 0 Å². The van der Waals surface area contributed by atoms with Gasteiger partial charge in [-0.2, -0.15) is 0 Å². The van der Waals surface area contributed by atoms with E-state index in [0.29, 0.717) is 0 Å². The highest BCUT2D eigenvalue weighted by Gasteiger charge is 2.02. The van der Waals surface area contributed by atoms with Crippen LogP contribution in [0.2, 0.25) is 0 Å². The van der Waals surface area contributed by atoms with Crippen LogP contribution in [-0.4, -0.2) is 18.7 Å². The van der Waals surface area contributed by atoms with E-state index in [1.165, 1.54) is 0 Å². The Morgan fingerprint density at radius 3 is 2.29 bits per heavy atom. The number of nitrogens with zero attached hydrogens (tertiary/aromatic N) is 2. The summed E-state index contributed by atoms with van der Waals surface area (Å²) in [6.07, 6.45) is 5.33. The molecule has 1 radical (unpaired) electrons. The Balaban J connectivity index is 2.44. The molecule has 0 aromatic carbocycles. The molecule has 37 valence electrons. The molecule has 0 aromatic rings. The summed E-state index contributed by atoms with van der Waals surface area (Å²) >= 11 is 1.55. The van der Waals surface area contributed by atoms with Crippen molar-refractivity contribution in [2.24, 2.45) is 9.98 Å². The molecule has 0 N–H and O–H groups in total. The van der Waals surface area contributed by atoms with Crippen molar-refractivity contribution in [3.8, 4) is 0 Å². The van der Waals surface area contributed by atoms with Gasteiger partial charge in [0.05, 0.1) is 0 Å². The van der Waals surface area contributed by atoms with Crippen molar-refractivity contribution in [2.75, 3.05) is 6.26 Å². The van der Waals surface area contributed by atoms with Crippen molar-refractivity contribution in [2.45, 2.75) is 0 Å². The van der Waals surface area contributed by atoms with Gasteiger partial charge in [0.25, 0.3) is 5.50 Å². The minimum atomic E-state index is 0.847. The summed E-state index contributed by atoms with van der Waals surface area (Å²) in [5.74, 6) is 0. The second-order valence-corrected chi connectivity index (χ2v) is 1.82. The Morgan fingerprint density at radius 1 is 1.43 bits per heavy atom. The Bertz CT molecular complexity index is 96.3. The summed E-state index contributed by atoms with van der Waals surface area (Å²) in [5.41, 5.74) is 0.847. The molecular formula is C4H5N2S. The van der Waals surface area contributed by atoms with Crippen LogP contribution in [0.25, 0.3) is 0 Å². The molecule has 1 heterocycles. The lowest BCUT2D eigenvalue weighted by molar-refractivity contribution is 1.23. The normalized spacial score (nSPS) is 19.0. The van der Waals surface area contributed by atoms with Gasteiger partial charge in [0.1, 0.15) is 0 Å². The maximum absolute atomic E-state index is 3.89. The molecule has 0 saturated carbocycles. The molecule has 7 heavy (non-hydrogen) atoms. The fraction of sp³-hybridized carbons (Fsp3) is 0.250. The van der Waals surface area contributed by atoms with E-state index >= 15 is 0 Å². The maximum atomic E-state index is 3.89. The van der Waals surface area contributed by atoms with Gasteiger partial charge >= 0.3 is 0 Å². The molecular weight excluding hydrogens is 108 g/mol. The fourth-order valence-corrected chi connectivity index (χ4v) is 0.665. The summed E-state index contributed by atoms with van der Waals surface area (Å²) < 4.78 is 0. The molecule has 0 amide bonds. The van der Waals surface area contributed by atoms with Gasteiger partial charge < -0.3 is 0 Å². The van der Waals surface area contributed by atoms with Crippen LogP contribution in [0, 0.1) is 5.50 Å². The molecule has 0 atom stereocenters. The first-order chi connectivity index (χ1) is 3.43. The number of rotatable bonds is 1. The highest BCUT2D eigenvalue weighted by Crippen LogP contribution is 2.19. The number of hydrogen-bond donors (Lipinski definition) is 0. The molecule has 0 aromatic heterocycles. The first-order valence-electron chi connectivity index (χ1n) is 1.91. The lowest BCUT2D eigenvalue weighted by atomic mass is 10.9. The van der Waals surface area contributed by atoms with E-state index in [4.69, 9.17) is 0 Å². The smallest absolute Gasteiger partial charge is 0.246 e. The van der Waals surface area contributed by atoms with E-state index in [9.17, 15) is 0 Å². The van der Waals surface area contributed by atoms with Crippen LogP contribution < -0.4 is 0 Å². The van der Waals surface area contributed by atoms with Crippen LogP contribution in [-0.2, 0) is 0 Å². The third kappa shape index (κ3) is 1.03. The standard InChI is InChI=1S/C4H5N2S/c1-7-4-5-2-3-6-4/h2-3H,1H3. The summed E-state index contributed by atoms with van der Waals surface area (Å²) in [4.78, 5) is 7.77. The van der Waals surface area contributed by atoms with Crippen LogP contribution in [0.5, 0.6) is 0 Å². The Hall–Kier alpha value is -0.310. The summed E-state index contributed by atoms with van der Waals surface area (Å²) in [6.45, 7) is 0. The van der Waals surface area contributed by atoms with Crippen LogP contribution in [0.15, 0.2) is 9.98 Å². The molecule has 0 saturated heterocycles. The maximum Gasteiger partial charge on any atom is 0.252 e. The molecule has 1 aliphatic heterocycles. The first kappa shape index (κ1) is 4.84. The SMILES string of the molecule is CS[C]1N=CC=N1. The largest absolute Gasteiger partial charge is 0.252 e. The summed E-state index contributed by atoms with van der Waals surface area (Å²) in [6, 6.07) is 0. The lowest BCUT2D eigenvalue weighted by Crippen LogP contribution is -1.70. The summed E-state index contributed by atoms with van der Waals surface area (Å²) in [5, 5.41) is 0. The van der Waals surface area contributed by atoms with Gasteiger partial charge in [-0.1, -0.05) is 0 Å². The molecule has 3 heteroatoms. The van der Waals surface area contributed by atoms with Gasteiger partial charge in [-0.3, -0.25) is 0 Å². The van der Waals surface area contributed by atoms with Crippen LogP contribution in [0.4, 0.5) is 0 Å². The minimum absolute atomic E-state index is 0.847. The average molecular weight is 113 g/mol. The van der Waals surface area contributed by atoms with Gasteiger partial charge in [-0.15, -0.1) is 11.8 Å². The van der Waals surface area contributed by atoms with Gasteiger partial charge in [-0.05, 0) is 6.26 Å². The number of thioether (sulfide) groups is 1. The van der Waals surface area contributed by atoms with Gasteiger partial charge in [-0.25, -0.2) is 9.98 Å². The molecule has 0 fully saturated rings. The molecule has 0 spiro atoms. The average Bonchev–Trinajstić information content (AvgIpc) is 2.14. The van der Waals surface area contributed by atoms with E-state index in [2.05, 4.69) is 9.98 Å². The quantitative estimate of drug-likeness (QED) is 0.497. The van der Waals surface area contributed by atoms with Crippen LogP contribution >= 0.6 is 11.8 Å². The second-order valence-electron chi connectivity index (χ2n) is 1.04. The zero-order valence-corrected chi connectivity index (χ0v) is 4.77. The Labute approximate surface area is 46.7 Å². The van der Waals surface area contributed by atoms with Crippen molar-refractivity contribution in [3.05, 3.63) is 5.50 Å². The van der Waals surface area contributed by atoms with Gasteiger partial charge in [0.15, 0.2) is 0 Å². The molecule has 0 aliphatic carbocycles. The van der Waals surface area contributed by atoms with Gasteiger partial charge in [0.2, 0.25) is 0 Å². The highest BCUT2D eigenvalue weighted by atomic mass is 32.2. The predicted molar refractivity (Wildman–Crippen MR) is 33.7 cm³/mol. The monoisotopic (exact) mass is 113 g/mol. The zero-order chi connectivity index (χ0) is 5.11. The first-order valence-corrected chi connectivity index (χ1v) is 3.13. The van der Waals surface area contributed by atoms with Crippen LogP contribution in [0.1, 0.15) is 0 Å². The Kier molecular flexibility index (Phi) is 1.46. The van der Waals surface area contributed by atoms with E-state index in [-0.39, 0.29) is 0 Å². The molecule has 1 rings (SSSR count). The van der Waals surface area contributed by atoms with Gasteiger partial charge in [0, 0.05) is 12.4 Å². The molecule has 2 nitrogen and oxygen atoms in total. The van der Waals surface area contributed by atoms with Crippen molar-refractivity contribution in [1.82, 2.24) is 0 Å². The zero-order valence-electron chi connectivity index (χ0n) is 3.96. The van der Waals surface area contributed by atoms with Crippen LogP contribution in [0.3, 0.4) is 0 Å². The Morgan fingerprint density at radius 2 is 2.00 bits per heavy atom. The molecule has 1 aliphatic rings. The van der Waals surface area contributed by atoms with Crippen molar-refractivity contribution < 1.29 is 0 Å². The fourth-order valence-electron chi connectivity index (χ4n) is 0.333. The topological polar surface area (TPSA) is 24.7 Å². The number of aliphatic imine (C=N–C) groups is 2. The highest BCUT2D eigenvalue weighted by molar-refractivity contribution is 8.01. The summed E-state index contributed by atoms with van der Waals surface area (Å²) in [7, 11) is 0. The minimum Gasteiger partial charge on any atom is -0.246 e.